The Morgan fingerprint density at radius 3 is 2.40 bits per heavy atom. The molecule has 0 bridgehead atoms. The van der Waals surface area contributed by atoms with Crippen molar-refractivity contribution in [1.29, 1.82) is 5.26 Å². The molecule has 0 aromatic heterocycles. The standard InChI is InChI=1S/C8H16N2O3S2/c1-7(4-5-14(3)11)10-15(12,13)8(2)6-9/h7-8,10H,4-5H2,1-3H3. The summed E-state index contributed by atoms with van der Waals surface area (Å²) in [6, 6.07) is 1.37. The highest BCUT2D eigenvalue weighted by molar-refractivity contribution is 7.90. The van der Waals surface area contributed by atoms with Gasteiger partial charge in [-0.1, -0.05) is 0 Å². The van der Waals surface area contributed by atoms with Crippen LogP contribution in [0.4, 0.5) is 0 Å². The molecule has 0 aliphatic rings. The van der Waals surface area contributed by atoms with Gasteiger partial charge >= 0.3 is 0 Å². The molecule has 0 aromatic rings. The van der Waals surface area contributed by atoms with Crippen LogP contribution in [0.25, 0.3) is 0 Å². The topological polar surface area (TPSA) is 87.0 Å². The van der Waals surface area contributed by atoms with Gasteiger partial charge in [-0.2, -0.15) is 5.26 Å². The van der Waals surface area contributed by atoms with Gasteiger partial charge in [0.15, 0.2) is 5.25 Å². The van der Waals surface area contributed by atoms with Crippen molar-refractivity contribution in [2.75, 3.05) is 12.0 Å². The van der Waals surface area contributed by atoms with Crippen LogP contribution in [0.2, 0.25) is 0 Å². The predicted molar refractivity (Wildman–Crippen MR) is 60.1 cm³/mol. The summed E-state index contributed by atoms with van der Waals surface area (Å²) in [5.74, 6) is 0.449. The highest BCUT2D eigenvalue weighted by Gasteiger charge is 2.21. The van der Waals surface area contributed by atoms with E-state index >= 15 is 0 Å². The first-order valence-corrected chi connectivity index (χ1v) is 7.77. The van der Waals surface area contributed by atoms with E-state index in [9.17, 15) is 12.6 Å². The maximum atomic E-state index is 11.4. The molecular weight excluding hydrogens is 236 g/mol. The van der Waals surface area contributed by atoms with Crippen molar-refractivity contribution in [3.8, 4) is 6.07 Å². The molecule has 0 amide bonds. The van der Waals surface area contributed by atoms with Crippen molar-refractivity contribution < 1.29 is 12.6 Å². The number of nitriles is 1. The van der Waals surface area contributed by atoms with E-state index in [0.29, 0.717) is 12.2 Å². The van der Waals surface area contributed by atoms with Crippen LogP contribution < -0.4 is 4.72 Å². The van der Waals surface area contributed by atoms with Crippen molar-refractivity contribution >= 4 is 20.8 Å². The summed E-state index contributed by atoms with van der Waals surface area (Å²) in [6.45, 7) is 3.02. The Morgan fingerprint density at radius 1 is 1.47 bits per heavy atom. The Labute approximate surface area is 93.4 Å². The second kappa shape index (κ2) is 6.20. The summed E-state index contributed by atoms with van der Waals surface area (Å²) in [7, 11) is -4.49. The number of hydrogen-bond acceptors (Lipinski definition) is 4. The molecule has 0 aliphatic carbocycles. The minimum absolute atomic E-state index is 0.297. The summed E-state index contributed by atoms with van der Waals surface area (Å²) in [6.07, 6.45) is 2.07. The van der Waals surface area contributed by atoms with Gasteiger partial charge in [-0.15, -0.1) is 0 Å². The lowest BCUT2D eigenvalue weighted by molar-refractivity contribution is 0.552. The number of hydrogen-bond donors (Lipinski definition) is 1. The maximum Gasteiger partial charge on any atom is 0.227 e. The second-order valence-electron chi connectivity index (χ2n) is 3.40. The van der Waals surface area contributed by atoms with Gasteiger partial charge in [0.05, 0.1) is 6.07 Å². The smallest absolute Gasteiger partial charge is 0.227 e. The summed E-state index contributed by atoms with van der Waals surface area (Å²) in [4.78, 5) is 0. The molecule has 0 aliphatic heterocycles. The fourth-order valence-electron chi connectivity index (χ4n) is 0.854. The molecule has 0 saturated carbocycles. The molecule has 0 rings (SSSR count). The average Bonchev–Trinajstić information content (AvgIpc) is 2.12. The molecule has 1 N–H and O–H groups in total. The summed E-state index contributed by atoms with van der Waals surface area (Å²) in [5.41, 5.74) is 0. The lowest BCUT2D eigenvalue weighted by Gasteiger charge is -2.14. The van der Waals surface area contributed by atoms with Crippen LogP contribution >= 0.6 is 0 Å². The Balaban J connectivity index is 4.24. The molecule has 3 unspecified atom stereocenters. The SMILES string of the molecule is CC(CCS(C)=O)NS(=O)(=O)C(C)C#N. The first-order chi connectivity index (χ1) is 6.79. The molecular formula is C8H16N2O3S2. The third kappa shape index (κ3) is 5.87. The van der Waals surface area contributed by atoms with Crippen LogP contribution in [-0.2, 0) is 20.8 Å². The number of nitrogens with one attached hydrogen (secondary N) is 1. The lowest BCUT2D eigenvalue weighted by Crippen LogP contribution is -2.38. The van der Waals surface area contributed by atoms with E-state index < -0.39 is 26.1 Å². The minimum atomic E-state index is -3.57. The highest BCUT2D eigenvalue weighted by atomic mass is 32.2. The predicted octanol–water partition coefficient (Wildman–Crippen LogP) is -0.0250. The quantitative estimate of drug-likeness (QED) is 0.719. The third-order valence-electron chi connectivity index (χ3n) is 1.85. The van der Waals surface area contributed by atoms with Gasteiger partial charge in [0, 0.05) is 28.9 Å². The molecule has 5 nitrogen and oxygen atoms in total. The minimum Gasteiger partial charge on any atom is -0.260 e. The molecule has 3 atom stereocenters. The summed E-state index contributed by atoms with van der Waals surface area (Å²) >= 11 is 0. The van der Waals surface area contributed by atoms with E-state index in [1.807, 2.05) is 0 Å². The number of sulfonamides is 1. The van der Waals surface area contributed by atoms with Crippen LogP contribution in [0, 0.1) is 11.3 Å². The normalized spacial score (nSPS) is 17.7. The zero-order valence-corrected chi connectivity index (χ0v) is 10.7. The number of nitrogens with zero attached hydrogens (tertiary/aromatic N) is 1. The Morgan fingerprint density at radius 2 is 2.00 bits per heavy atom. The third-order valence-corrected chi connectivity index (χ3v) is 4.43. The lowest BCUT2D eigenvalue weighted by atomic mass is 10.3. The highest BCUT2D eigenvalue weighted by Crippen LogP contribution is 2.01. The first kappa shape index (κ1) is 14.6. The largest absolute Gasteiger partial charge is 0.260 e. The van der Waals surface area contributed by atoms with Crippen LogP contribution in [0.15, 0.2) is 0 Å². The Bertz CT molecular complexity index is 359. The van der Waals surface area contributed by atoms with Crippen LogP contribution in [-0.4, -0.2) is 35.9 Å². The van der Waals surface area contributed by atoms with Gasteiger partial charge in [-0.3, -0.25) is 4.21 Å². The van der Waals surface area contributed by atoms with E-state index in [4.69, 9.17) is 5.26 Å². The van der Waals surface area contributed by atoms with E-state index in [1.54, 1.807) is 19.2 Å². The van der Waals surface area contributed by atoms with Crippen molar-refractivity contribution in [2.45, 2.75) is 31.6 Å². The molecule has 0 aromatic carbocycles. The van der Waals surface area contributed by atoms with Gasteiger partial charge < -0.3 is 0 Å². The fraction of sp³-hybridized carbons (Fsp3) is 0.875. The Hall–Kier alpha value is -0.450. The van der Waals surface area contributed by atoms with E-state index in [-0.39, 0.29) is 6.04 Å². The fourth-order valence-corrected chi connectivity index (χ4v) is 2.56. The van der Waals surface area contributed by atoms with Crippen LogP contribution in [0.3, 0.4) is 0 Å². The van der Waals surface area contributed by atoms with Gasteiger partial charge in [0.25, 0.3) is 0 Å². The molecule has 7 heteroatoms. The first-order valence-electron chi connectivity index (χ1n) is 4.50. The monoisotopic (exact) mass is 252 g/mol. The summed E-state index contributed by atoms with van der Waals surface area (Å²) in [5, 5.41) is 7.42. The van der Waals surface area contributed by atoms with Crippen LogP contribution in [0.5, 0.6) is 0 Å². The van der Waals surface area contributed by atoms with E-state index in [0.717, 1.165) is 0 Å². The van der Waals surface area contributed by atoms with Crippen molar-refractivity contribution in [1.82, 2.24) is 4.72 Å². The van der Waals surface area contributed by atoms with E-state index in [1.165, 1.54) is 6.92 Å². The zero-order valence-electron chi connectivity index (χ0n) is 9.06. The summed E-state index contributed by atoms with van der Waals surface area (Å²) < 4.78 is 36.0. The van der Waals surface area contributed by atoms with Gasteiger partial charge in [0.1, 0.15) is 0 Å². The van der Waals surface area contributed by atoms with E-state index in [2.05, 4.69) is 4.72 Å². The van der Waals surface area contributed by atoms with Crippen molar-refractivity contribution in [2.24, 2.45) is 0 Å². The van der Waals surface area contributed by atoms with Crippen molar-refractivity contribution in [3.05, 3.63) is 0 Å². The van der Waals surface area contributed by atoms with Crippen LogP contribution in [0.1, 0.15) is 20.3 Å². The molecule has 0 saturated heterocycles. The van der Waals surface area contributed by atoms with Gasteiger partial charge in [0.2, 0.25) is 10.0 Å². The maximum absolute atomic E-state index is 11.4. The molecule has 0 fully saturated rings. The average molecular weight is 252 g/mol. The molecule has 15 heavy (non-hydrogen) atoms. The molecule has 88 valence electrons. The molecule has 0 heterocycles. The Kier molecular flexibility index (Phi) is 6.02. The zero-order chi connectivity index (χ0) is 12.1. The van der Waals surface area contributed by atoms with Crippen molar-refractivity contribution in [3.63, 3.8) is 0 Å². The van der Waals surface area contributed by atoms with Gasteiger partial charge in [-0.05, 0) is 20.3 Å². The number of rotatable bonds is 6. The molecule has 0 spiro atoms. The van der Waals surface area contributed by atoms with Gasteiger partial charge in [-0.25, -0.2) is 13.1 Å². The molecule has 0 radical (unpaired) electrons. The second-order valence-corrected chi connectivity index (χ2v) is 6.99.